The maximum atomic E-state index is 9.23. The van der Waals surface area contributed by atoms with Gasteiger partial charge in [0, 0.05) is 6.42 Å². The third-order valence-electron chi connectivity index (χ3n) is 3.77. The molecule has 0 saturated carbocycles. The zero-order valence-corrected chi connectivity index (χ0v) is 14.7. The van der Waals surface area contributed by atoms with Crippen LogP contribution in [-0.4, -0.2) is 29.2 Å². The molecule has 0 aromatic carbocycles. The fourth-order valence-corrected chi connectivity index (χ4v) is 2.64. The zero-order chi connectivity index (χ0) is 17.1. The fourth-order valence-electron chi connectivity index (χ4n) is 2.64. The largest absolute Gasteiger partial charge is 0.377 e. The number of rotatable bonds is 8. The molecule has 1 saturated heterocycles. The molecular formula is C20H30O3. The zero-order valence-electron chi connectivity index (χ0n) is 14.7. The van der Waals surface area contributed by atoms with E-state index in [4.69, 9.17) is 9.47 Å². The Balaban J connectivity index is 2.44. The summed E-state index contributed by atoms with van der Waals surface area (Å²) in [6, 6.07) is 0. The topological polar surface area (TPSA) is 38.7 Å². The minimum absolute atomic E-state index is 0.00481. The van der Waals surface area contributed by atoms with Gasteiger partial charge in [0.2, 0.25) is 0 Å². The quantitative estimate of drug-likeness (QED) is 0.420. The smallest absolute Gasteiger partial charge is 0.163 e. The van der Waals surface area contributed by atoms with E-state index in [0.717, 1.165) is 6.42 Å². The standard InChI is InChI=1S/C20H30O3/c1-5-7-8-9-12-15-18-19(23-20(3,4)22-18)16-13-10-11-14-17(21)6-2/h6,17-19,21H,2,5,7-9,12,15-16H2,1,3-4H3/t17?,18-,19-/m0/s1. The number of aliphatic hydroxyl groups excluding tert-OH is 1. The van der Waals surface area contributed by atoms with Crippen molar-refractivity contribution >= 4 is 0 Å². The summed E-state index contributed by atoms with van der Waals surface area (Å²) in [5.74, 6) is 10.4. The predicted octanol–water partition coefficient (Wildman–Crippen LogP) is 3.81. The van der Waals surface area contributed by atoms with E-state index >= 15 is 0 Å². The number of hydrogen-bond donors (Lipinski definition) is 1. The van der Waals surface area contributed by atoms with Crippen LogP contribution >= 0.6 is 0 Å². The van der Waals surface area contributed by atoms with Gasteiger partial charge in [-0.05, 0) is 32.1 Å². The minimum Gasteiger partial charge on any atom is -0.377 e. The normalized spacial score (nSPS) is 23.3. The number of unbranched alkanes of at least 4 members (excludes halogenated alkanes) is 4. The molecule has 0 aliphatic carbocycles. The number of hydrogen-bond acceptors (Lipinski definition) is 3. The van der Waals surface area contributed by atoms with Crippen molar-refractivity contribution < 1.29 is 14.6 Å². The van der Waals surface area contributed by atoms with E-state index in [-0.39, 0.29) is 12.2 Å². The molecule has 1 rings (SSSR count). The molecule has 128 valence electrons. The highest BCUT2D eigenvalue weighted by molar-refractivity contribution is 5.28. The van der Waals surface area contributed by atoms with E-state index in [0.29, 0.717) is 6.42 Å². The number of aliphatic hydroxyl groups is 1. The van der Waals surface area contributed by atoms with E-state index in [1.54, 1.807) is 0 Å². The van der Waals surface area contributed by atoms with E-state index in [1.807, 2.05) is 13.8 Å². The van der Waals surface area contributed by atoms with Crippen molar-refractivity contribution in [2.24, 2.45) is 0 Å². The Bertz CT molecular complexity index is 473. The SMILES string of the molecule is C=CC(O)C#CC#CC[C@@H]1OC(C)(C)O[C@H]1CCCCCCC. The van der Waals surface area contributed by atoms with Crippen LogP contribution in [0.2, 0.25) is 0 Å². The summed E-state index contributed by atoms with van der Waals surface area (Å²) in [4.78, 5) is 0. The second-order valence-corrected chi connectivity index (χ2v) is 6.37. The van der Waals surface area contributed by atoms with Gasteiger partial charge in [-0.2, -0.15) is 0 Å². The lowest BCUT2D eigenvalue weighted by Gasteiger charge is -2.16. The Labute approximate surface area is 141 Å². The molecule has 3 heteroatoms. The van der Waals surface area contributed by atoms with Gasteiger partial charge in [-0.1, -0.05) is 63.5 Å². The molecule has 0 aromatic heterocycles. The first kappa shape index (κ1) is 19.8. The monoisotopic (exact) mass is 318 g/mol. The summed E-state index contributed by atoms with van der Waals surface area (Å²) >= 11 is 0. The average Bonchev–Trinajstić information content (AvgIpc) is 2.80. The van der Waals surface area contributed by atoms with E-state index in [1.165, 1.54) is 38.2 Å². The van der Waals surface area contributed by atoms with Crippen molar-refractivity contribution in [1.82, 2.24) is 0 Å². The molecule has 1 N–H and O–H groups in total. The van der Waals surface area contributed by atoms with Crippen molar-refractivity contribution in [3.63, 3.8) is 0 Å². The Morgan fingerprint density at radius 3 is 2.52 bits per heavy atom. The lowest BCUT2D eigenvalue weighted by Crippen LogP contribution is -2.21. The molecule has 0 amide bonds. The van der Waals surface area contributed by atoms with Crippen LogP contribution in [0.3, 0.4) is 0 Å². The molecule has 0 radical (unpaired) electrons. The Morgan fingerprint density at radius 2 is 1.83 bits per heavy atom. The van der Waals surface area contributed by atoms with Crippen LogP contribution < -0.4 is 0 Å². The third kappa shape index (κ3) is 8.24. The molecular weight excluding hydrogens is 288 g/mol. The Hall–Kier alpha value is -1.26. The Morgan fingerprint density at radius 1 is 1.13 bits per heavy atom. The summed E-state index contributed by atoms with van der Waals surface area (Å²) in [6.45, 7) is 9.58. The van der Waals surface area contributed by atoms with E-state index in [2.05, 4.69) is 37.2 Å². The van der Waals surface area contributed by atoms with Gasteiger partial charge in [-0.25, -0.2) is 0 Å². The van der Waals surface area contributed by atoms with Crippen molar-refractivity contribution in [3.8, 4) is 23.7 Å². The molecule has 0 spiro atoms. The molecule has 3 nitrogen and oxygen atoms in total. The van der Waals surface area contributed by atoms with Crippen LogP contribution in [0, 0.1) is 23.7 Å². The van der Waals surface area contributed by atoms with Crippen molar-refractivity contribution in [2.75, 3.05) is 0 Å². The molecule has 1 fully saturated rings. The van der Waals surface area contributed by atoms with E-state index in [9.17, 15) is 5.11 Å². The maximum absolute atomic E-state index is 9.23. The summed E-state index contributed by atoms with van der Waals surface area (Å²) in [5.41, 5.74) is 0. The highest BCUT2D eigenvalue weighted by Crippen LogP contribution is 2.32. The van der Waals surface area contributed by atoms with E-state index < -0.39 is 11.9 Å². The lowest BCUT2D eigenvalue weighted by atomic mass is 10.0. The fraction of sp³-hybridized carbons (Fsp3) is 0.700. The molecule has 0 bridgehead atoms. The second kappa shape index (κ2) is 10.5. The van der Waals surface area contributed by atoms with Crippen LogP contribution in [-0.2, 0) is 9.47 Å². The van der Waals surface area contributed by atoms with Crippen LogP contribution in [0.4, 0.5) is 0 Å². The molecule has 1 heterocycles. The van der Waals surface area contributed by atoms with Gasteiger partial charge in [0.1, 0.15) is 6.10 Å². The van der Waals surface area contributed by atoms with Gasteiger partial charge >= 0.3 is 0 Å². The second-order valence-electron chi connectivity index (χ2n) is 6.37. The first-order chi connectivity index (χ1) is 11.0. The summed E-state index contributed by atoms with van der Waals surface area (Å²) in [7, 11) is 0. The van der Waals surface area contributed by atoms with Crippen molar-refractivity contribution in [1.29, 1.82) is 0 Å². The third-order valence-corrected chi connectivity index (χ3v) is 3.77. The van der Waals surface area contributed by atoms with Gasteiger partial charge < -0.3 is 14.6 Å². The summed E-state index contributed by atoms with van der Waals surface area (Å²) in [5, 5.41) is 9.23. The minimum atomic E-state index is -0.815. The molecule has 3 atom stereocenters. The predicted molar refractivity (Wildman–Crippen MR) is 93.6 cm³/mol. The highest BCUT2D eigenvalue weighted by atomic mass is 16.7. The molecule has 1 aliphatic heterocycles. The van der Waals surface area contributed by atoms with Gasteiger partial charge in [0.05, 0.1) is 12.2 Å². The van der Waals surface area contributed by atoms with Crippen LogP contribution in [0.1, 0.15) is 65.7 Å². The molecule has 1 aliphatic rings. The summed E-state index contributed by atoms with van der Waals surface area (Å²) < 4.78 is 12.0. The lowest BCUT2D eigenvalue weighted by molar-refractivity contribution is -0.146. The highest BCUT2D eigenvalue weighted by Gasteiger charge is 2.40. The Kier molecular flexibility index (Phi) is 9.03. The van der Waals surface area contributed by atoms with Gasteiger partial charge in [-0.15, -0.1) is 0 Å². The molecule has 23 heavy (non-hydrogen) atoms. The summed E-state index contributed by atoms with van der Waals surface area (Å²) in [6.07, 6.45) is 8.54. The van der Waals surface area contributed by atoms with Gasteiger partial charge in [0.25, 0.3) is 0 Å². The molecule has 1 unspecified atom stereocenters. The van der Waals surface area contributed by atoms with Gasteiger partial charge in [-0.3, -0.25) is 0 Å². The van der Waals surface area contributed by atoms with Gasteiger partial charge in [0.15, 0.2) is 5.79 Å². The van der Waals surface area contributed by atoms with Crippen molar-refractivity contribution in [2.45, 2.75) is 89.8 Å². The maximum Gasteiger partial charge on any atom is 0.163 e. The van der Waals surface area contributed by atoms with Crippen molar-refractivity contribution in [3.05, 3.63) is 12.7 Å². The molecule has 0 aromatic rings. The average molecular weight is 318 g/mol. The van der Waals surface area contributed by atoms with Crippen LogP contribution in [0.25, 0.3) is 0 Å². The first-order valence-electron chi connectivity index (χ1n) is 8.63. The number of ether oxygens (including phenoxy) is 2. The van der Waals surface area contributed by atoms with Crippen LogP contribution in [0.5, 0.6) is 0 Å². The first-order valence-corrected chi connectivity index (χ1v) is 8.63. The van der Waals surface area contributed by atoms with Crippen LogP contribution in [0.15, 0.2) is 12.7 Å².